The molecular formula is C12H22N4O2S. The molecule has 19 heavy (non-hydrogen) atoms. The molecule has 0 amide bonds. The summed E-state index contributed by atoms with van der Waals surface area (Å²) in [4.78, 5) is 0. The van der Waals surface area contributed by atoms with E-state index in [1.165, 1.54) is 25.7 Å². The quantitative estimate of drug-likeness (QED) is 0.909. The molecular weight excluding hydrogens is 264 g/mol. The van der Waals surface area contributed by atoms with E-state index in [-0.39, 0.29) is 5.16 Å². The minimum atomic E-state index is -3.84. The Morgan fingerprint density at radius 2 is 1.84 bits per heavy atom. The molecule has 1 heterocycles. The number of aromatic nitrogens is 3. The third-order valence-corrected chi connectivity index (χ3v) is 4.34. The number of sulfonamides is 1. The summed E-state index contributed by atoms with van der Waals surface area (Å²) in [6, 6.07) is 0. The van der Waals surface area contributed by atoms with Gasteiger partial charge in [-0.1, -0.05) is 25.7 Å². The van der Waals surface area contributed by atoms with Gasteiger partial charge in [-0.15, -0.1) is 10.2 Å². The number of hydrogen-bond acceptors (Lipinski definition) is 4. The Kier molecular flexibility index (Phi) is 3.70. The second kappa shape index (κ2) is 4.86. The van der Waals surface area contributed by atoms with Crippen LogP contribution >= 0.6 is 0 Å². The normalized spacial score (nSPS) is 18.1. The van der Waals surface area contributed by atoms with Crippen LogP contribution in [0.3, 0.4) is 0 Å². The molecule has 7 heteroatoms. The summed E-state index contributed by atoms with van der Waals surface area (Å²) in [6.45, 7) is 5.80. The molecule has 0 bridgehead atoms. The van der Waals surface area contributed by atoms with Crippen LogP contribution in [0.2, 0.25) is 0 Å². The molecule has 2 N–H and O–H groups in total. The first-order chi connectivity index (χ1) is 8.69. The lowest BCUT2D eigenvalue weighted by molar-refractivity contribution is 0.341. The van der Waals surface area contributed by atoms with E-state index in [0.29, 0.717) is 5.92 Å². The van der Waals surface area contributed by atoms with Crippen LogP contribution in [-0.4, -0.2) is 23.2 Å². The molecule has 1 aromatic rings. The summed E-state index contributed by atoms with van der Waals surface area (Å²) in [5, 5.41) is 13.0. The van der Waals surface area contributed by atoms with Gasteiger partial charge < -0.3 is 0 Å². The molecule has 0 atom stereocenters. The summed E-state index contributed by atoms with van der Waals surface area (Å²) >= 11 is 0. The van der Waals surface area contributed by atoms with E-state index in [9.17, 15) is 8.42 Å². The monoisotopic (exact) mass is 286 g/mol. The van der Waals surface area contributed by atoms with Crippen molar-refractivity contribution in [3.63, 3.8) is 0 Å². The van der Waals surface area contributed by atoms with Gasteiger partial charge in [0.2, 0.25) is 0 Å². The topological polar surface area (TPSA) is 90.9 Å². The number of nitrogens with zero attached hydrogens (tertiary/aromatic N) is 3. The van der Waals surface area contributed by atoms with Gasteiger partial charge in [0.25, 0.3) is 15.2 Å². The number of nitrogens with two attached hydrogens (primary N) is 1. The van der Waals surface area contributed by atoms with Gasteiger partial charge in [0.15, 0.2) is 0 Å². The predicted molar refractivity (Wildman–Crippen MR) is 72.1 cm³/mol. The Hall–Kier alpha value is -0.950. The van der Waals surface area contributed by atoms with Crippen LogP contribution < -0.4 is 5.14 Å². The fraction of sp³-hybridized carbons (Fsp3) is 0.833. The van der Waals surface area contributed by atoms with Crippen molar-refractivity contribution in [3.8, 4) is 0 Å². The highest BCUT2D eigenvalue weighted by Crippen LogP contribution is 2.29. The summed E-state index contributed by atoms with van der Waals surface area (Å²) in [6.07, 6.45) is 5.63. The maximum Gasteiger partial charge on any atom is 0.273 e. The lowest BCUT2D eigenvalue weighted by atomic mass is 10.0. The Balaban J connectivity index is 2.41. The largest absolute Gasteiger partial charge is 0.295 e. The van der Waals surface area contributed by atoms with E-state index in [0.717, 1.165) is 12.2 Å². The van der Waals surface area contributed by atoms with E-state index >= 15 is 0 Å². The molecule has 0 radical (unpaired) electrons. The van der Waals surface area contributed by atoms with Crippen LogP contribution in [0, 0.1) is 5.92 Å². The van der Waals surface area contributed by atoms with Crippen LogP contribution in [0.4, 0.5) is 0 Å². The minimum Gasteiger partial charge on any atom is -0.295 e. The van der Waals surface area contributed by atoms with Crippen molar-refractivity contribution in [2.24, 2.45) is 11.1 Å². The first-order valence-electron chi connectivity index (χ1n) is 6.67. The second-order valence-electron chi connectivity index (χ2n) is 6.30. The average molecular weight is 286 g/mol. The van der Waals surface area contributed by atoms with E-state index in [1.54, 1.807) is 4.57 Å². The van der Waals surface area contributed by atoms with E-state index in [4.69, 9.17) is 5.14 Å². The van der Waals surface area contributed by atoms with Gasteiger partial charge in [0.05, 0.1) is 0 Å². The number of hydrogen-bond donors (Lipinski definition) is 1. The zero-order chi connectivity index (χ0) is 14.3. The number of primary sulfonamides is 1. The van der Waals surface area contributed by atoms with Crippen LogP contribution in [0.5, 0.6) is 0 Å². The molecule has 108 valence electrons. The predicted octanol–water partition coefficient (Wildman–Crippen LogP) is 1.41. The molecule has 6 nitrogen and oxygen atoms in total. The van der Waals surface area contributed by atoms with Crippen molar-refractivity contribution < 1.29 is 8.42 Å². The SMILES string of the molecule is CC(C)(C)n1c(CC2CCCC2)nnc1S(N)(=O)=O. The van der Waals surface area contributed by atoms with Gasteiger partial charge >= 0.3 is 0 Å². The average Bonchev–Trinajstić information content (AvgIpc) is 2.84. The van der Waals surface area contributed by atoms with Crippen LogP contribution in [0.25, 0.3) is 0 Å². The third kappa shape index (κ3) is 3.14. The highest BCUT2D eigenvalue weighted by Gasteiger charge is 2.30. The molecule has 1 aromatic heterocycles. The van der Waals surface area contributed by atoms with E-state index in [2.05, 4.69) is 10.2 Å². The Morgan fingerprint density at radius 1 is 1.26 bits per heavy atom. The number of rotatable bonds is 3. The van der Waals surface area contributed by atoms with Crippen molar-refractivity contribution in [2.45, 2.75) is 63.6 Å². The van der Waals surface area contributed by atoms with Crippen molar-refractivity contribution in [2.75, 3.05) is 0 Å². The van der Waals surface area contributed by atoms with Crippen molar-refractivity contribution >= 4 is 10.0 Å². The maximum atomic E-state index is 11.6. The smallest absolute Gasteiger partial charge is 0.273 e. The Morgan fingerprint density at radius 3 is 2.32 bits per heavy atom. The molecule has 1 aliphatic rings. The molecule has 1 fully saturated rings. The van der Waals surface area contributed by atoms with E-state index in [1.807, 2.05) is 20.8 Å². The third-order valence-electron chi connectivity index (χ3n) is 3.57. The first-order valence-corrected chi connectivity index (χ1v) is 8.22. The molecule has 0 unspecified atom stereocenters. The Labute approximate surface area is 114 Å². The van der Waals surface area contributed by atoms with Gasteiger partial charge in [-0.2, -0.15) is 0 Å². The molecule has 0 aliphatic heterocycles. The highest BCUT2D eigenvalue weighted by molar-refractivity contribution is 7.89. The molecule has 1 saturated carbocycles. The van der Waals surface area contributed by atoms with E-state index < -0.39 is 15.6 Å². The van der Waals surface area contributed by atoms with Crippen molar-refractivity contribution in [3.05, 3.63) is 5.82 Å². The second-order valence-corrected chi connectivity index (χ2v) is 7.76. The van der Waals surface area contributed by atoms with Crippen LogP contribution in [-0.2, 0) is 22.0 Å². The highest BCUT2D eigenvalue weighted by atomic mass is 32.2. The van der Waals surface area contributed by atoms with Gasteiger partial charge in [-0.05, 0) is 26.7 Å². The summed E-state index contributed by atoms with van der Waals surface area (Å²) < 4.78 is 24.9. The lowest BCUT2D eigenvalue weighted by Crippen LogP contribution is -2.30. The fourth-order valence-electron chi connectivity index (χ4n) is 2.76. The fourth-order valence-corrected chi connectivity index (χ4v) is 3.55. The summed E-state index contributed by atoms with van der Waals surface area (Å²) in [5.41, 5.74) is -0.404. The van der Waals surface area contributed by atoms with Gasteiger partial charge in [-0.25, -0.2) is 13.6 Å². The standard InChI is InChI=1S/C12H22N4O2S/c1-12(2,3)16-10(8-9-6-4-5-7-9)14-15-11(16)19(13,17)18/h9H,4-8H2,1-3H3,(H2,13,17,18). The Bertz CT molecular complexity index is 551. The van der Waals surface area contributed by atoms with Gasteiger partial charge in [-0.3, -0.25) is 4.57 Å². The molecule has 0 spiro atoms. The van der Waals surface area contributed by atoms with Gasteiger partial charge in [0.1, 0.15) is 5.82 Å². The zero-order valence-corrected chi connectivity index (χ0v) is 12.6. The molecule has 1 aliphatic carbocycles. The molecule has 0 aromatic carbocycles. The summed E-state index contributed by atoms with van der Waals surface area (Å²) in [5.74, 6) is 1.31. The summed E-state index contributed by atoms with van der Waals surface area (Å²) in [7, 11) is -3.84. The van der Waals surface area contributed by atoms with Crippen molar-refractivity contribution in [1.82, 2.24) is 14.8 Å². The first kappa shape index (κ1) is 14.5. The maximum absolute atomic E-state index is 11.6. The van der Waals surface area contributed by atoms with Crippen LogP contribution in [0.15, 0.2) is 5.16 Å². The lowest BCUT2D eigenvalue weighted by Gasteiger charge is -2.25. The zero-order valence-electron chi connectivity index (χ0n) is 11.8. The van der Waals surface area contributed by atoms with Gasteiger partial charge in [0, 0.05) is 12.0 Å². The van der Waals surface area contributed by atoms with Crippen LogP contribution in [0.1, 0.15) is 52.3 Å². The minimum absolute atomic E-state index is 0.131. The molecule has 0 saturated heterocycles. The molecule has 2 rings (SSSR count). The van der Waals surface area contributed by atoms with Crippen molar-refractivity contribution in [1.29, 1.82) is 0 Å².